The molecular weight excluding hydrogens is 230 g/mol. The van der Waals surface area contributed by atoms with Crippen LogP contribution < -0.4 is 5.73 Å². The third-order valence-electron chi connectivity index (χ3n) is 4.57. The minimum atomic E-state index is -0.455. The monoisotopic (exact) mass is 249 g/mol. The van der Waals surface area contributed by atoms with Crippen molar-refractivity contribution in [2.24, 2.45) is 17.6 Å². The van der Waals surface area contributed by atoms with E-state index in [0.717, 1.165) is 25.7 Å². The molecular formula is C13H19N3O2. The molecule has 2 heterocycles. The number of hydrogen-bond acceptors (Lipinski definition) is 4. The summed E-state index contributed by atoms with van der Waals surface area (Å²) in [7, 11) is 0. The van der Waals surface area contributed by atoms with Gasteiger partial charge in [0.1, 0.15) is 6.04 Å². The summed E-state index contributed by atoms with van der Waals surface area (Å²) >= 11 is 0. The number of nitriles is 1. The third-order valence-corrected chi connectivity index (χ3v) is 4.57. The highest BCUT2D eigenvalue weighted by Gasteiger charge is 2.55. The minimum Gasteiger partial charge on any atom is -0.381 e. The van der Waals surface area contributed by atoms with Crippen LogP contribution in [0.1, 0.15) is 25.7 Å². The van der Waals surface area contributed by atoms with E-state index < -0.39 is 6.04 Å². The van der Waals surface area contributed by atoms with E-state index in [9.17, 15) is 4.79 Å². The first-order valence-corrected chi connectivity index (χ1v) is 6.77. The molecule has 5 nitrogen and oxygen atoms in total. The second-order valence-corrected chi connectivity index (χ2v) is 5.66. The molecule has 0 aromatic carbocycles. The van der Waals surface area contributed by atoms with Gasteiger partial charge in [0.25, 0.3) is 0 Å². The van der Waals surface area contributed by atoms with Gasteiger partial charge in [-0.05, 0) is 37.5 Å². The first kappa shape index (κ1) is 11.9. The van der Waals surface area contributed by atoms with Crippen LogP contribution in [0.2, 0.25) is 0 Å². The summed E-state index contributed by atoms with van der Waals surface area (Å²) in [6.45, 7) is 1.39. The van der Waals surface area contributed by atoms with Crippen LogP contribution >= 0.6 is 0 Å². The lowest BCUT2D eigenvalue weighted by molar-refractivity contribution is -0.135. The molecule has 5 heteroatoms. The van der Waals surface area contributed by atoms with Crippen LogP contribution in [0.3, 0.4) is 0 Å². The summed E-state index contributed by atoms with van der Waals surface area (Å²) in [5, 5.41) is 9.11. The molecule has 1 aliphatic carbocycles. The molecule has 4 atom stereocenters. The second-order valence-electron chi connectivity index (χ2n) is 5.66. The van der Waals surface area contributed by atoms with Gasteiger partial charge in [0.05, 0.1) is 12.1 Å². The summed E-state index contributed by atoms with van der Waals surface area (Å²) in [6.07, 6.45) is 3.61. The van der Waals surface area contributed by atoms with Crippen LogP contribution in [0, 0.1) is 23.2 Å². The molecule has 0 aromatic heterocycles. The molecule has 3 aliphatic rings. The molecule has 3 rings (SSSR count). The highest BCUT2D eigenvalue weighted by atomic mass is 16.5. The average Bonchev–Trinajstić information content (AvgIpc) is 3.09. The molecule has 0 radical (unpaired) electrons. The van der Waals surface area contributed by atoms with Gasteiger partial charge in [-0.1, -0.05) is 0 Å². The molecule has 2 aliphatic heterocycles. The molecule has 98 valence electrons. The number of piperidine rings is 1. The SMILES string of the molecule is N#C[C@@H]1C[C@@H]2C[C@@H]2N1C(=O)[C@@H](N)C1CCOCC1. The fourth-order valence-electron chi connectivity index (χ4n) is 3.34. The van der Waals surface area contributed by atoms with Gasteiger partial charge in [-0.2, -0.15) is 5.26 Å². The zero-order valence-corrected chi connectivity index (χ0v) is 10.4. The number of fused-ring (bicyclic) bond motifs is 1. The summed E-state index contributed by atoms with van der Waals surface area (Å²) < 4.78 is 5.29. The van der Waals surface area contributed by atoms with Crippen LogP contribution in [0.15, 0.2) is 0 Å². The van der Waals surface area contributed by atoms with Crippen molar-refractivity contribution in [3.63, 3.8) is 0 Å². The van der Waals surface area contributed by atoms with Crippen molar-refractivity contribution in [1.29, 1.82) is 5.26 Å². The number of carbonyl (C=O) groups is 1. The maximum absolute atomic E-state index is 12.5. The first-order valence-electron chi connectivity index (χ1n) is 6.77. The number of ether oxygens (including phenoxy) is 1. The number of rotatable bonds is 2. The van der Waals surface area contributed by atoms with Crippen LogP contribution in [-0.2, 0) is 9.53 Å². The number of amides is 1. The highest BCUT2D eigenvalue weighted by molar-refractivity contribution is 5.83. The standard InChI is InChI=1S/C13H19N3O2/c14-7-10-5-9-6-11(9)16(10)13(17)12(15)8-1-3-18-4-2-8/h8-12H,1-6,15H2/t9-,10+,11+,12+/m1/s1. The number of hydrogen-bond donors (Lipinski definition) is 1. The van der Waals surface area contributed by atoms with Crippen LogP contribution in [0.5, 0.6) is 0 Å². The predicted molar refractivity (Wildman–Crippen MR) is 64.3 cm³/mol. The van der Waals surface area contributed by atoms with Gasteiger partial charge in [-0.3, -0.25) is 4.79 Å². The third kappa shape index (κ3) is 1.90. The van der Waals surface area contributed by atoms with Gasteiger partial charge < -0.3 is 15.4 Å². The van der Waals surface area contributed by atoms with Gasteiger partial charge in [0, 0.05) is 19.3 Å². The number of nitrogens with zero attached hydrogens (tertiary/aromatic N) is 2. The van der Waals surface area contributed by atoms with Crippen molar-refractivity contribution in [2.75, 3.05) is 13.2 Å². The first-order chi connectivity index (χ1) is 8.72. The van der Waals surface area contributed by atoms with Crippen molar-refractivity contribution < 1.29 is 9.53 Å². The maximum Gasteiger partial charge on any atom is 0.241 e. The molecule has 1 amide bonds. The fourth-order valence-corrected chi connectivity index (χ4v) is 3.34. The summed E-state index contributed by atoms with van der Waals surface area (Å²) in [4.78, 5) is 14.2. The average molecular weight is 249 g/mol. The van der Waals surface area contributed by atoms with Gasteiger partial charge in [0.2, 0.25) is 5.91 Å². The molecule has 3 fully saturated rings. The maximum atomic E-state index is 12.5. The Balaban J connectivity index is 1.68. The van der Waals surface area contributed by atoms with E-state index in [4.69, 9.17) is 15.7 Å². The number of carbonyl (C=O) groups excluding carboxylic acids is 1. The second kappa shape index (κ2) is 4.52. The van der Waals surface area contributed by atoms with Crippen molar-refractivity contribution in [1.82, 2.24) is 4.90 Å². The Hall–Kier alpha value is -1.12. The Labute approximate surface area is 107 Å². The number of nitrogens with two attached hydrogens (primary N) is 1. The lowest BCUT2D eigenvalue weighted by atomic mass is 9.91. The summed E-state index contributed by atoms with van der Waals surface area (Å²) in [5.74, 6) is 0.752. The Morgan fingerprint density at radius 1 is 1.39 bits per heavy atom. The van der Waals surface area contributed by atoms with Gasteiger partial charge >= 0.3 is 0 Å². The quantitative estimate of drug-likeness (QED) is 0.761. The normalized spacial score (nSPS) is 36.9. The molecule has 0 spiro atoms. The molecule has 2 N–H and O–H groups in total. The van der Waals surface area contributed by atoms with E-state index in [2.05, 4.69) is 6.07 Å². The molecule has 0 unspecified atom stereocenters. The van der Waals surface area contributed by atoms with E-state index in [1.165, 1.54) is 0 Å². The zero-order chi connectivity index (χ0) is 12.7. The fraction of sp³-hybridized carbons (Fsp3) is 0.846. The molecule has 18 heavy (non-hydrogen) atoms. The van der Waals surface area contributed by atoms with Gasteiger partial charge in [-0.15, -0.1) is 0 Å². The largest absolute Gasteiger partial charge is 0.381 e. The Morgan fingerprint density at radius 3 is 2.78 bits per heavy atom. The smallest absolute Gasteiger partial charge is 0.241 e. The van der Waals surface area contributed by atoms with Crippen LogP contribution in [0.4, 0.5) is 0 Å². The Morgan fingerprint density at radius 2 is 2.11 bits per heavy atom. The van der Waals surface area contributed by atoms with Gasteiger partial charge in [-0.25, -0.2) is 0 Å². The van der Waals surface area contributed by atoms with Crippen molar-refractivity contribution in [3.8, 4) is 6.07 Å². The van der Waals surface area contributed by atoms with Gasteiger partial charge in [0.15, 0.2) is 0 Å². The predicted octanol–water partition coefficient (Wildman–Crippen LogP) is 0.253. The van der Waals surface area contributed by atoms with Crippen molar-refractivity contribution in [3.05, 3.63) is 0 Å². The topological polar surface area (TPSA) is 79.4 Å². The van der Waals surface area contributed by atoms with E-state index >= 15 is 0 Å². The molecule has 0 aromatic rings. The molecule has 0 bridgehead atoms. The summed E-state index contributed by atoms with van der Waals surface area (Å²) in [5.41, 5.74) is 6.11. The lowest BCUT2D eigenvalue weighted by Crippen LogP contribution is -2.51. The van der Waals surface area contributed by atoms with E-state index in [1.54, 1.807) is 4.90 Å². The summed E-state index contributed by atoms with van der Waals surface area (Å²) in [6, 6.07) is 1.84. The van der Waals surface area contributed by atoms with Crippen LogP contribution in [0.25, 0.3) is 0 Å². The lowest BCUT2D eigenvalue weighted by Gasteiger charge is -2.31. The van der Waals surface area contributed by atoms with E-state index in [0.29, 0.717) is 25.2 Å². The molecule has 1 saturated carbocycles. The molecule has 2 saturated heterocycles. The van der Waals surface area contributed by atoms with E-state index in [1.807, 2.05) is 0 Å². The van der Waals surface area contributed by atoms with Crippen molar-refractivity contribution >= 4 is 5.91 Å². The zero-order valence-electron chi connectivity index (χ0n) is 10.4. The number of likely N-dealkylation sites (tertiary alicyclic amines) is 1. The van der Waals surface area contributed by atoms with Crippen LogP contribution in [-0.4, -0.2) is 42.1 Å². The Bertz CT molecular complexity index is 386. The van der Waals surface area contributed by atoms with Crippen molar-refractivity contribution in [2.45, 2.75) is 43.8 Å². The minimum absolute atomic E-state index is 0.0153. The van der Waals surface area contributed by atoms with E-state index in [-0.39, 0.29) is 17.9 Å². The highest BCUT2D eigenvalue weighted by Crippen LogP contribution is 2.48. The Kier molecular flexibility index (Phi) is 3.00.